The summed E-state index contributed by atoms with van der Waals surface area (Å²) in [4.78, 5) is 0. The number of aromatic nitrogens is 3. The molecule has 0 N–H and O–H groups in total. The van der Waals surface area contributed by atoms with E-state index >= 15 is 0 Å². The number of halogens is 1. The summed E-state index contributed by atoms with van der Waals surface area (Å²) in [7, 11) is 0. The van der Waals surface area contributed by atoms with Crippen molar-refractivity contribution in [1.29, 1.82) is 0 Å². The minimum absolute atomic E-state index is 0.145. The summed E-state index contributed by atoms with van der Waals surface area (Å²) in [5.74, 6) is 2.52. The van der Waals surface area contributed by atoms with Crippen LogP contribution in [0.2, 0.25) is 0 Å². The maximum atomic E-state index is 5.91. The van der Waals surface area contributed by atoms with Crippen molar-refractivity contribution in [2.75, 3.05) is 6.61 Å². The summed E-state index contributed by atoms with van der Waals surface area (Å²) in [6, 6.07) is 7.78. The van der Waals surface area contributed by atoms with Crippen LogP contribution in [0.4, 0.5) is 0 Å². The molecule has 0 bridgehead atoms. The number of nitrogens with zero attached hydrogens (tertiary/aromatic N) is 3. The van der Waals surface area contributed by atoms with Gasteiger partial charge >= 0.3 is 0 Å². The van der Waals surface area contributed by atoms with Crippen molar-refractivity contribution >= 4 is 15.9 Å². The first kappa shape index (κ1) is 12.6. The van der Waals surface area contributed by atoms with Crippen LogP contribution in [0, 0.1) is 0 Å². The van der Waals surface area contributed by atoms with Gasteiger partial charge in [-0.05, 0) is 25.1 Å². The molecule has 0 amide bonds. The third-order valence-corrected chi connectivity index (χ3v) is 3.51. The van der Waals surface area contributed by atoms with Gasteiger partial charge in [0.25, 0.3) is 0 Å². The highest BCUT2D eigenvalue weighted by Gasteiger charge is 2.21. The Bertz CT molecular complexity index is 585. The van der Waals surface area contributed by atoms with Gasteiger partial charge in [-0.25, -0.2) is 0 Å². The molecule has 3 rings (SSSR count). The summed E-state index contributed by atoms with van der Waals surface area (Å²) in [5.41, 5.74) is 0. The standard InChI is InChI=1S/C13H14BrN3O2/c1-9(19-11-4-2-3-10(14)7-11)13-16-15-12-8-18-6-5-17(12)13/h2-4,7,9H,5-6,8H2,1H3. The molecule has 19 heavy (non-hydrogen) atoms. The van der Waals surface area contributed by atoms with Crippen LogP contribution in [-0.4, -0.2) is 21.4 Å². The van der Waals surface area contributed by atoms with Crippen LogP contribution in [0.1, 0.15) is 24.7 Å². The van der Waals surface area contributed by atoms with Gasteiger partial charge in [-0.15, -0.1) is 10.2 Å². The largest absolute Gasteiger partial charge is 0.483 e. The van der Waals surface area contributed by atoms with Crippen molar-refractivity contribution in [3.63, 3.8) is 0 Å². The lowest BCUT2D eigenvalue weighted by atomic mass is 10.3. The summed E-state index contributed by atoms with van der Waals surface area (Å²) >= 11 is 3.43. The quantitative estimate of drug-likeness (QED) is 0.871. The molecule has 1 atom stereocenters. The molecule has 100 valence electrons. The van der Waals surface area contributed by atoms with Crippen molar-refractivity contribution in [3.8, 4) is 5.75 Å². The SMILES string of the molecule is CC(Oc1cccc(Br)c1)c1nnc2n1CCOC2. The molecule has 0 aliphatic carbocycles. The van der Waals surface area contributed by atoms with Crippen LogP contribution in [0.3, 0.4) is 0 Å². The van der Waals surface area contributed by atoms with Gasteiger partial charge in [-0.2, -0.15) is 0 Å². The van der Waals surface area contributed by atoms with E-state index in [9.17, 15) is 0 Å². The number of ether oxygens (including phenoxy) is 2. The second kappa shape index (κ2) is 5.30. The maximum absolute atomic E-state index is 5.91. The molecule has 0 radical (unpaired) electrons. The number of hydrogen-bond donors (Lipinski definition) is 0. The second-order valence-electron chi connectivity index (χ2n) is 4.40. The zero-order chi connectivity index (χ0) is 13.2. The third-order valence-electron chi connectivity index (χ3n) is 3.02. The van der Waals surface area contributed by atoms with Crippen LogP contribution >= 0.6 is 15.9 Å². The van der Waals surface area contributed by atoms with Crippen LogP contribution in [0.15, 0.2) is 28.7 Å². The lowest BCUT2D eigenvalue weighted by molar-refractivity contribution is 0.0778. The predicted molar refractivity (Wildman–Crippen MR) is 72.9 cm³/mol. The molecule has 0 saturated heterocycles. The summed E-state index contributed by atoms with van der Waals surface area (Å²) in [6.45, 7) is 3.98. The van der Waals surface area contributed by atoms with Crippen LogP contribution < -0.4 is 4.74 Å². The van der Waals surface area contributed by atoms with Crippen LogP contribution in [0.5, 0.6) is 5.75 Å². The molecule has 5 nitrogen and oxygen atoms in total. The molecule has 2 aromatic rings. The number of benzene rings is 1. The summed E-state index contributed by atoms with van der Waals surface area (Å²) in [6.07, 6.45) is -0.145. The zero-order valence-corrected chi connectivity index (χ0v) is 12.1. The fraction of sp³-hybridized carbons (Fsp3) is 0.385. The maximum Gasteiger partial charge on any atom is 0.174 e. The van der Waals surface area contributed by atoms with Crippen molar-refractivity contribution in [2.45, 2.75) is 26.2 Å². The van der Waals surface area contributed by atoms with Crippen LogP contribution in [-0.2, 0) is 17.9 Å². The topological polar surface area (TPSA) is 49.2 Å². The highest BCUT2D eigenvalue weighted by atomic mass is 79.9. The monoisotopic (exact) mass is 323 g/mol. The van der Waals surface area contributed by atoms with E-state index in [1.54, 1.807) is 0 Å². The fourth-order valence-electron chi connectivity index (χ4n) is 2.12. The molecule has 1 aromatic heterocycles. The first-order valence-electron chi connectivity index (χ1n) is 6.16. The third kappa shape index (κ3) is 2.64. The lowest BCUT2D eigenvalue weighted by Gasteiger charge is -2.19. The van der Waals surface area contributed by atoms with E-state index in [-0.39, 0.29) is 6.10 Å². The zero-order valence-electron chi connectivity index (χ0n) is 10.5. The fourth-order valence-corrected chi connectivity index (χ4v) is 2.49. The Kier molecular flexibility index (Phi) is 3.52. The summed E-state index contributed by atoms with van der Waals surface area (Å²) < 4.78 is 14.3. The number of hydrogen-bond acceptors (Lipinski definition) is 4. The van der Waals surface area contributed by atoms with E-state index in [0.717, 1.165) is 28.4 Å². The Balaban J connectivity index is 1.80. The number of fused-ring (bicyclic) bond motifs is 1. The molecule has 6 heteroatoms. The van der Waals surface area contributed by atoms with E-state index in [1.165, 1.54) is 0 Å². The molecular formula is C13H14BrN3O2. The molecule has 1 aliphatic heterocycles. The molecule has 2 heterocycles. The Morgan fingerprint density at radius 2 is 2.32 bits per heavy atom. The molecule has 0 saturated carbocycles. The predicted octanol–water partition coefficient (Wildman–Crippen LogP) is 2.71. The van der Waals surface area contributed by atoms with E-state index in [2.05, 4.69) is 30.7 Å². The smallest absolute Gasteiger partial charge is 0.174 e. The van der Waals surface area contributed by atoms with Gasteiger partial charge in [-0.3, -0.25) is 0 Å². The Hall–Kier alpha value is -1.40. The first-order valence-corrected chi connectivity index (χ1v) is 6.95. The van der Waals surface area contributed by atoms with E-state index < -0.39 is 0 Å². The van der Waals surface area contributed by atoms with Crippen molar-refractivity contribution in [3.05, 3.63) is 40.4 Å². The first-order chi connectivity index (χ1) is 9.24. The lowest BCUT2D eigenvalue weighted by Crippen LogP contribution is -2.20. The van der Waals surface area contributed by atoms with Gasteiger partial charge < -0.3 is 14.0 Å². The van der Waals surface area contributed by atoms with Gasteiger partial charge in [0.2, 0.25) is 0 Å². The van der Waals surface area contributed by atoms with Gasteiger partial charge in [0.15, 0.2) is 17.8 Å². The van der Waals surface area contributed by atoms with Gasteiger partial charge in [0.1, 0.15) is 12.4 Å². The molecule has 1 aliphatic rings. The van der Waals surface area contributed by atoms with E-state index in [0.29, 0.717) is 13.2 Å². The van der Waals surface area contributed by atoms with Crippen molar-refractivity contribution in [2.24, 2.45) is 0 Å². The molecule has 1 aromatic carbocycles. The Labute approximate surface area is 119 Å². The van der Waals surface area contributed by atoms with E-state index in [4.69, 9.17) is 9.47 Å². The second-order valence-corrected chi connectivity index (χ2v) is 5.31. The average Bonchev–Trinajstić information content (AvgIpc) is 2.82. The van der Waals surface area contributed by atoms with E-state index in [1.807, 2.05) is 31.2 Å². The van der Waals surface area contributed by atoms with Crippen molar-refractivity contribution in [1.82, 2.24) is 14.8 Å². The normalized spacial score (nSPS) is 15.9. The van der Waals surface area contributed by atoms with Gasteiger partial charge in [-0.1, -0.05) is 22.0 Å². The molecule has 0 fully saturated rings. The Morgan fingerprint density at radius 1 is 1.42 bits per heavy atom. The minimum atomic E-state index is -0.145. The van der Waals surface area contributed by atoms with Gasteiger partial charge in [0, 0.05) is 11.0 Å². The molecule has 0 spiro atoms. The highest BCUT2D eigenvalue weighted by Crippen LogP contribution is 2.24. The minimum Gasteiger partial charge on any atom is -0.483 e. The average molecular weight is 324 g/mol. The van der Waals surface area contributed by atoms with Gasteiger partial charge in [0.05, 0.1) is 6.61 Å². The van der Waals surface area contributed by atoms with Crippen LogP contribution in [0.25, 0.3) is 0 Å². The number of rotatable bonds is 3. The molecular weight excluding hydrogens is 310 g/mol. The van der Waals surface area contributed by atoms with Crippen molar-refractivity contribution < 1.29 is 9.47 Å². The summed E-state index contributed by atoms with van der Waals surface area (Å²) in [5, 5.41) is 8.35. The Morgan fingerprint density at radius 3 is 3.16 bits per heavy atom. The molecule has 1 unspecified atom stereocenters. The highest BCUT2D eigenvalue weighted by molar-refractivity contribution is 9.10.